The first-order chi connectivity index (χ1) is 45.5. The smallest absolute Gasteiger partial charge is 0.402 e. The van der Waals surface area contributed by atoms with Crippen molar-refractivity contribution in [1.29, 1.82) is 0 Å². The highest BCUT2D eigenvalue weighted by Gasteiger charge is 2.50. The van der Waals surface area contributed by atoms with E-state index < -0.39 is 231 Å². The van der Waals surface area contributed by atoms with E-state index in [1.807, 2.05) is 0 Å². The molecule has 36 heteroatoms. The average molecular weight is 1360 g/mol. The number of rotatable bonds is 22. The zero-order valence-electron chi connectivity index (χ0n) is 49.2. The number of carboxylic acids is 1. The Bertz CT molecular complexity index is 3650. The van der Waals surface area contributed by atoms with Crippen molar-refractivity contribution in [3.8, 4) is 68.8 Å². The maximum Gasteiger partial charge on any atom is 0.402 e. The molecule has 9 rings (SSSR count). The molecule has 0 amide bonds. The molecule has 4 aliphatic heterocycles. The summed E-state index contributed by atoms with van der Waals surface area (Å²) in [6.45, 7) is -3.13. The van der Waals surface area contributed by atoms with Gasteiger partial charge in [-0.25, -0.2) is 14.0 Å². The predicted molar refractivity (Wildman–Crippen MR) is 308 cm³/mol. The molecule has 5 heterocycles. The van der Waals surface area contributed by atoms with Crippen LogP contribution in [0.4, 0.5) is 0 Å². The van der Waals surface area contributed by atoms with Crippen LogP contribution in [0.3, 0.4) is 0 Å². The number of esters is 3. The van der Waals surface area contributed by atoms with Gasteiger partial charge in [-0.05, 0) is 47.5 Å². The number of aliphatic hydroxyl groups is 13. The minimum absolute atomic E-state index is 0.0819. The first kappa shape index (κ1) is 71.3. The molecule has 36 nitrogen and oxygen atoms in total. The number of hydrogen-bond acceptors (Lipinski definition) is 34. The van der Waals surface area contributed by atoms with Crippen LogP contribution in [-0.2, 0) is 52.3 Å². The quantitative estimate of drug-likeness (QED) is 0.00782. The second-order valence-corrected chi connectivity index (χ2v) is 22.0. The second-order valence-electron chi connectivity index (χ2n) is 22.0. The minimum Gasteiger partial charge on any atom is -0.504 e. The van der Waals surface area contributed by atoms with Crippen LogP contribution in [0.2, 0.25) is 0 Å². The zero-order chi connectivity index (χ0) is 69.7. The summed E-state index contributed by atoms with van der Waals surface area (Å²) in [5.74, 6) is -11.5. The number of aliphatic carboxylic acids is 1. The Morgan fingerprint density at radius 2 is 0.896 bits per heavy atom. The zero-order valence-corrected chi connectivity index (χ0v) is 49.2. The molecule has 0 radical (unpaired) electrons. The second kappa shape index (κ2) is 30.4. The van der Waals surface area contributed by atoms with Crippen molar-refractivity contribution >= 4 is 47.0 Å². The number of ether oxygens (including phenoxy) is 11. The van der Waals surface area contributed by atoms with E-state index >= 15 is 0 Å². The van der Waals surface area contributed by atoms with Gasteiger partial charge >= 0.3 is 35.2 Å². The molecule has 20 atom stereocenters. The molecule has 1 aromatic heterocycles. The normalized spacial score (nSPS) is 30.8. The van der Waals surface area contributed by atoms with Gasteiger partial charge < -0.3 is 154 Å². The molecular formula is C60H65O36+. The first-order valence-corrected chi connectivity index (χ1v) is 28.7. The Hall–Kier alpha value is -9.03. The number of phenolic OH excluding ortho intramolecular Hbond substituents is 6. The number of fused-ring (bicyclic) bond motifs is 1. The summed E-state index contributed by atoms with van der Waals surface area (Å²) in [7, 11) is 0. The van der Waals surface area contributed by atoms with Crippen molar-refractivity contribution in [3.05, 3.63) is 90.0 Å². The van der Waals surface area contributed by atoms with Crippen LogP contribution < -0.4 is 18.9 Å². The van der Waals surface area contributed by atoms with Crippen LogP contribution >= 0.6 is 0 Å². The third kappa shape index (κ3) is 16.3. The van der Waals surface area contributed by atoms with Crippen molar-refractivity contribution in [3.63, 3.8) is 0 Å². The topological polar surface area (TPSA) is 586 Å². The van der Waals surface area contributed by atoms with Gasteiger partial charge in [-0.15, -0.1) is 0 Å². The Balaban J connectivity index is 0.807. The van der Waals surface area contributed by atoms with Crippen LogP contribution in [0.1, 0.15) is 17.5 Å². The number of benzene rings is 4. The third-order valence-electron chi connectivity index (χ3n) is 15.3. The van der Waals surface area contributed by atoms with Gasteiger partial charge in [0.1, 0.15) is 118 Å². The summed E-state index contributed by atoms with van der Waals surface area (Å²) in [5, 5.41) is 209. The van der Waals surface area contributed by atoms with Crippen LogP contribution in [0.25, 0.3) is 34.4 Å². The van der Waals surface area contributed by atoms with Gasteiger partial charge in [0.25, 0.3) is 0 Å². The lowest BCUT2D eigenvalue weighted by molar-refractivity contribution is -0.283. The van der Waals surface area contributed by atoms with E-state index in [2.05, 4.69) is 0 Å². The number of carbonyl (C=O) groups excluding carboxylic acids is 3. The van der Waals surface area contributed by atoms with E-state index in [9.17, 15) is 116 Å². The Labute approximate surface area is 538 Å². The fourth-order valence-corrected chi connectivity index (χ4v) is 10.0. The van der Waals surface area contributed by atoms with Gasteiger partial charge in [-0.3, -0.25) is 9.59 Å². The lowest BCUT2D eigenvalue weighted by Crippen LogP contribution is -2.60. The maximum absolute atomic E-state index is 13.0. The van der Waals surface area contributed by atoms with Crippen LogP contribution in [-0.4, -0.2) is 275 Å². The summed E-state index contributed by atoms with van der Waals surface area (Å²) < 4.78 is 66.0. The van der Waals surface area contributed by atoms with Crippen LogP contribution in [0, 0.1) is 0 Å². The number of carboxylic acid groups (broad SMARTS) is 1. The molecule has 4 aromatic carbocycles. The molecule has 0 bridgehead atoms. The Morgan fingerprint density at radius 1 is 0.448 bits per heavy atom. The third-order valence-corrected chi connectivity index (χ3v) is 15.3. The molecule has 20 N–H and O–H groups in total. The standard InChI is InChI=1S/C60H64O36/c61-17-35-44(73)47(76)52(81)58(94-35)91-30-5-1-21(9-25(30)62)3-7-40(69)85-18-36-45(74)48(77)53(82)59(95-36)92-31-6-2-22(10-26(31)63)4-8-41(70)86-19-37-46(75)49(78)54(83)60(96-37)93-33-13-23-14-34(55(88-32(23)15-27(33)64)24-11-28(65)43(72)29(66)12-24)89-56-38(20-87-42(71)16-39(67)68)90-57(84)51(80)50(56)79/h1-15,35-38,44-54,56-61,73-84H,16-20H2,(H6-,62,63,64,65,66,67,68,72)/p+1/b7-3+,8-4+/t35-,36-,37-,38-,44-,45-,46-,47+,48+,49+,50-,51-,52-,53-,54-,56-,57-,58-,59-,60-/m1/s1. The molecule has 4 aliphatic rings. The van der Waals surface area contributed by atoms with Gasteiger partial charge in [-0.2, -0.15) is 0 Å². The molecule has 96 heavy (non-hydrogen) atoms. The molecule has 0 aliphatic carbocycles. The molecule has 5 aromatic rings. The van der Waals surface area contributed by atoms with Gasteiger partial charge in [-0.1, -0.05) is 12.1 Å². The van der Waals surface area contributed by atoms with E-state index in [0.717, 1.165) is 66.8 Å². The molecule has 0 saturated carbocycles. The van der Waals surface area contributed by atoms with Gasteiger partial charge in [0.05, 0.1) is 23.6 Å². The SMILES string of the molecule is O=C(O)CC(=O)OC[C@H]1O[C@@H](O)[C@H](O)[C@@H](O)[C@@H]1Oc1cc2cc(O[C@@H]3O[C@H](COC(=O)/C=C/c4ccc(O[C@@H]5O[C@H](COC(=O)/C=C/c6ccc(O[C@@H]7O[C@H](CO)[C@@H](O)[C@H](O)[C@H]7O)c(O)c6)[C@@H](O)[C@H](O)[C@H]5O)c(O)c4)[C@@H](O)[C@H](O)[C@H]3O)c(O)cc2[o+]c1-c1cc(O)c(O)c(O)c1. The summed E-state index contributed by atoms with van der Waals surface area (Å²) in [6.07, 6.45) is -33.4. The fourth-order valence-electron chi connectivity index (χ4n) is 10.0. The largest absolute Gasteiger partial charge is 0.504 e. The number of phenols is 6. The predicted octanol–water partition coefficient (Wildman–Crippen LogP) is -4.12. The molecular weight excluding hydrogens is 1300 g/mol. The average Bonchev–Trinajstić information content (AvgIpc) is 0.785. The Morgan fingerprint density at radius 3 is 1.38 bits per heavy atom. The lowest BCUT2D eigenvalue weighted by atomic mass is 9.98. The van der Waals surface area contributed by atoms with Crippen molar-refractivity contribution in [1.82, 2.24) is 0 Å². The number of aliphatic hydroxyl groups excluding tert-OH is 13. The van der Waals surface area contributed by atoms with Crippen LogP contribution in [0.5, 0.6) is 57.5 Å². The molecule has 4 saturated heterocycles. The van der Waals surface area contributed by atoms with E-state index in [1.54, 1.807) is 0 Å². The number of hydrogen-bond donors (Lipinski definition) is 20. The van der Waals surface area contributed by atoms with E-state index in [0.29, 0.717) is 0 Å². The number of carbonyl (C=O) groups is 4. The highest BCUT2D eigenvalue weighted by Crippen LogP contribution is 2.46. The van der Waals surface area contributed by atoms with Gasteiger partial charge in [0.15, 0.2) is 64.1 Å². The lowest BCUT2D eigenvalue weighted by Gasteiger charge is -2.40. The van der Waals surface area contributed by atoms with E-state index in [4.69, 9.17) is 61.6 Å². The highest BCUT2D eigenvalue weighted by molar-refractivity contribution is 5.90. The molecule has 0 spiro atoms. The Kier molecular flexibility index (Phi) is 22.5. The van der Waals surface area contributed by atoms with Crippen molar-refractivity contribution in [2.24, 2.45) is 0 Å². The molecule has 0 unspecified atom stereocenters. The molecule has 4 fully saturated rings. The van der Waals surface area contributed by atoms with Crippen molar-refractivity contribution in [2.45, 2.75) is 129 Å². The summed E-state index contributed by atoms with van der Waals surface area (Å²) >= 11 is 0. The van der Waals surface area contributed by atoms with E-state index in [-0.39, 0.29) is 39.2 Å². The van der Waals surface area contributed by atoms with E-state index in [1.165, 1.54) is 24.3 Å². The van der Waals surface area contributed by atoms with Crippen molar-refractivity contribution in [2.75, 3.05) is 26.4 Å². The first-order valence-electron chi connectivity index (χ1n) is 28.7. The maximum atomic E-state index is 13.0. The number of aromatic hydroxyl groups is 6. The van der Waals surface area contributed by atoms with Gasteiger partial charge in [0, 0.05) is 36.4 Å². The van der Waals surface area contributed by atoms with Gasteiger partial charge in [0.2, 0.25) is 24.6 Å². The summed E-state index contributed by atoms with van der Waals surface area (Å²) in [5.41, 5.74) is -0.135. The monoisotopic (exact) mass is 1360 g/mol. The minimum atomic E-state index is -2.09. The highest BCUT2D eigenvalue weighted by atomic mass is 16.7. The summed E-state index contributed by atoms with van der Waals surface area (Å²) in [4.78, 5) is 48.9. The van der Waals surface area contributed by atoms with Crippen molar-refractivity contribution < 1.29 is 178 Å². The molecule has 520 valence electrons. The summed E-state index contributed by atoms with van der Waals surface area (Å²) in [6, 6.07) is 12.2. The fraction of sp³-hybridized carbons (Fsp3) is 0.417. The van der Waals surface area contributed by atoms with Crippen LogP contribution in [0.15, 0.2) is 83.3 Å².